The third-order valence-electron chi connectivity index (χ3n) is 3.43. The molecule has 3 nitrogen and oxygen atoms in total. The van der Waals surface area contributed by atoms with Gasteiger partial charge in [0.25, 0.3) is 0 Å². The van der Waals surface area contributed by atoms with Gasteiger partial charge in [0.05, 0.1) is 16.6 Å². The summed E-state index contributed by atoms with van der Waals surface area (Å²) in [6, 6.07) is 11.7. The fourth-order valence-corrected chi connectivity index (χ4v) is 2.57. The van der Waals surface area contributed by atoms with Crippen LogP contribution in [0.15, 0.2) is 42.5 Å². The van der Waals surface area contributed by atoms with Gasteiger partial charge in [0.15, 0.2) is 0 Å². The number of halogens is 1. The molecule has 0 atom stereocenters. The Balaban J connectivity index is 2.39. The number of nitrogens with zero attached hydrogens (tertiary/aromatic N) is 2. The summed E-state index contributed by atoms with van der Waals surface area (Å²) in [4.78, 5) is 4.59. The van der Waals surface area contributed by atoms with Crippen LogP contribution < -0.4 is 0 Å². The van der Waals surface area contributed by atoms with Crippen molar-refractivity contribution in [2.24, 2.45) is 0 Å². The minimum atomic E-state index is -0.393. The van der Waals surface area contributed by atoms with Crippen molar-refractivity contribution in [3.05, 3.63) is 48.3 Å². The molecule has 0 aliphatic rings. The smallest absolute Gasteiger partial charge is 0.145 e. The van der Waals surface area contributed by atoms with Crippen LogP contribution in [0, 0.1) is 5.82 Å². The third-order valence-corrected chi connectivity index (χ3v) is 3.43. The summed E-state index contributed by atoms with van der Waals surface area (Å²) in [5.74, 6) is 0.202. The number of imidazole rings is 1. The molecule has 0 radical (unpaired) electrons. The van der Waals surface area contributed by atoms with E-state index in [0.29, 0.717) is 11.4 Å². The molecule has 0 bridgehead atoms. The first-order chi connectivity index (χ1) is 9.88. The van der Waals surface area contributed by atoms with Crippen LogP contribution >= 0.6 is 0 Å². The lowest BCUT2D eigenvalue weighted by molar-refractivity contribution is 0.411. The van der Waals surface area contributed by atoms with Crippen LogP contribution in [0.5, 0.6) is 5.75 Å². The summed E-state index contributed by atoms with van der Waals surface area (Å²) in [5, 5.41) is 10.1. The van der Waals surface area contributed by atoms with Crippen LogP contribution in [-0.4, -0.2) is 14.7 Å². The van der Waals surface area contributed by atoms with Gasteiger partial charge >= 0.3 is 0 Å². The quantitative estimate of drug-likeness (QED) is 0.723. The lowest BCUT2D eigenvalue weighted by atomic mass is 10.1. The Morgan fingerprint density at radius 2 is 1.81 bits per heavy atom. The van der Waals surface area contributed by atoms with Gasteiger partial charge in [0.2, 0.25) is 0 Å². The molecule has 0 unspecified atom stereocenters. The molecule has 3 rings (SSSR count). The number of para-hydroxylation sites is 2. The summed E-state index contributed by atoms with van der Waals surface area (Å²) in [6.07, 6.45) is 0. The average molecular weight is 284 g/mol. The fourth-order valence-electron chi connectivity index (χ4n) is 2.57. The molecular weight excluding hydrogens is 267 g/mol. The number of phenols is 1. The van der Waals surface area contributed by atoms with Crippen molar-refractivity contribution in [2.45, 2.75) is 26.3 Å². The minimum Gasteiger partial charge on any atom is -0.507 e. The Bertz CT molecular complexity index is 815. The number of hydrogen-bond donors (Lipinski definition) is 1. The molecule has 2 aromatic carbocycles. The highest BCUT2D eigenvalue weighted by Gasteiger charge is 2.23. The first kappa shape index (κ1) is 13.6. The lowest BCUT2D eigenvalue weighted by Gasteiger charge is -2.25. The van der Waals surface area contributed by atoms with E-state index in [0.717, 1.165) is 11.0 Å². The van der Waals surface area contributed by atoms with Crippen molar-refractivity contribution in [1.29, 1.82) is 0 Å². The number of aromatic nitrogens is 2. The average Bonchev–Trinajstić information content (AvgIpc) is 2.80. The predicted molar refractivity (Wildman–Crippen MR) is 81.8 cm³/mol. The Kier molecular flexibility index (Phi) is 2.97. The third kappa shape index (κ3) is 2.27. The lowest BCUT2D eigenvalue weighted by Crippen LogP contribution is -2.22. The number of aromatic hydroxyl groups is 1. The molecule has 0 amide bonds. The number of benzene rings is 2. The highest BCUT2D eigenvalue weighted by molar-refractivity contribution is 5.82. The van der Waals surface area contributed by atoms with Crippen molar-refractivity contribution in [2.75, 3.05) is 0 Å². The maximum absolute atomic E-state index is 13.6. The van der Waals surface area contributed by atoms with E-state index in [9.17, 15) is 9.50 Å². The zero-order valence-electron chi connectivity index (χ0n) is 12.3. The highest BCUT2D eigenvalue weighted by atomic mass is 19.1. The van der Waals surface area contributed by atoms with E-state index in [2.05, 4.69) is 25.8 Å². The summed E-state index contributed by atoms with van der Waals surface area (Å²) in [7, 11) is 0. The van der Waals surface area contributed by atoms with Crippen LogP contribution in [0.1, 0.15) is 20.8 Å². The van der Waals surface area contributed by atoms with Crippen molar-refractivity contribution < 1.29 is 9.50 Å². The second-order valence-corrected chi connectivity index (χ2v) is 6.09. The zero-order chi connectivity index (χ0) is 15.2. The highest BCUT2D eigenvalue weighted by Crippen LogP contribution is 2.35. The number of fused-ring (bicyclic) bond motifs is 1. The second-order valence-electron chi connectivity index (χ2n) is 6.09. The predicted octanol–water partition coefficient (Wildman–Crippen LogP) is 4.30. The van der Waals surface area contributed by atoms with E-state index in [1.54, 1.807) is 0 Å². The van der Waals surface area contributed by atoms with Crippen molar-refractivity contribution in [1.82, 2.24) is 9.55 Å². The number of rotatable bonds is 1. The van der Waals surface area contributed by atoms with Gasteiger partial charge in [0, 0.05) is 5.54 Å². The van der Waals surface area contributed by atoms with Gasteiger partial charge in [-0.05, 0) is 51.1 Å². The zero-order valence-corrected chi connectivity index (χ0v) is 12.3. The Morgan fingerprint density at radius 1 is 1.10 bits per heavy atom. The molecule has 0 fully saturated rings. The summed E-state index contributed by atoms with van der Waals surface area (Å²) >= 11 is 0. The molecular formula is C17H17FN2O. The molecule has 108 valence electrons. The molecule has 1 N–H and O–H groups in total. The van der Waals surface area contributed by atoms with E-state index in [1.165, 1.54) is 18.2 Å². The molecule has 1 heterocycles. The molecule has 0 aliphatic heterocycles. The van der Waals surface area contributed by atoms with Crippen LogP contribution in [0.4, 0.5) is 4.39 Å². The van der Waals surface area contributed by atoms with Crippen molar-refractivity contribution >= 4 is 11.0 Å². The Hall–Kier alpha value is -2.36. The summed E-state index contributed by atoms with van der Waals surface area (Å²) < 4.78 is 15.6. The maximum atomic E-state index is 13.6. The van der Waals surface area contributed by atoms with E-state index in [4.69, 9.17) is 0 Å². The van der Waals surface area contributed by atoms with Gasteiger partial charge in [-0.2, -0.15) is 0 Å². The van der Waals surface area contributed by atoms with Crippen LogP contribution in [-0.2, 0) is 5.54 Å². The topological polar surface area (TPSA) is 38.0 Å². The molecule has 0 saturated heterocycles. The Labute approximate surface area is 122 Å². The van der Waals surface area contributed by atoms with E-state index < -0.39 is 5.82 Å². The van der Waals surface area contributed by atoms with Crippen LogP contribution in [0.2, 0.25) is 0 Å². The first-order valence-corrected chi connectivity index (χ1v) is 6.85. The molecule has 0 spiro atoms. The summed E-state index contributed by atoms with van der Waals surface area (Å²) in [6.45, 7) is 6.17. The summed E-state index contributed by atoms with van der Waals surface area (Å²) in [5.41, 5.74) is 1.94. The molecule has 21 heavy (non-hydrogen) atoms. The molecule has 4 heteroatoms. The van der Waals surface area contributed by atoms with Crippen LogP contribution in [0.3, 0.4) is 0 Å². The number of phenolic OH excluding ortho intramolecular Hbond substituents is 1. The minimum absolute atomic E-state index is 0.0252. The normalized spacial score (nSPS) is 12.0. The monoisotopic (exact) mass is 284 g/mol. The first-order valence-electron chi connectivity index (χ1n) is 6.85. The number of hydrogen-bond acceptors (Lipinski definition) is 2. The van der Waals surface area contributed by atoms with Gasteiger partial charge in [-0.1, -0.05) is 12.1 Å². The van der Waals surface area contributed by atoms with E-state index in [1.807, 2.05) is 28.8 Å². The van der Waals surface area contributed by atoms with E-state index in [-0.39, 0.29) is 11.3 Å². The maximum Gasteiger partial charge on any atom is 0.145 e. The van der Waals surface area contributed by atoms with Gasteiger partial charge in [-0.3, -0.25) is 0 Å². The van der Waals surface area contributed by atoms with Gasteiger partial charge in [0.1, 0.15) is 17.4 Å². The molecule has 1 aromatic heterocycles. The molecule has 0 saturated carbocycles. The largest absolute Gasteiger partial charge is 0.507 e. The van der Waals surface area contributed by atoms with Crippen molar-refractivity contribution in [3.63, 3.8) is 0 Å². The Morgan fingerprint density at radius 3 is 2.52 bits per heavy atom. The van der Waals surface area contributed by atoms with Gasteiger partial charge in [-0.15, -0.1) is 0 Å². The van der Waals surface area contributed by atoms with Gasteiger partial charge < -0.3 is 9.67 Å². The molecule has 0 aliphatic carbocycles. The fraction of sp³-hybridized carbons (Fsp3) is 0.235. The second kappa shape index (κ2) is 4.58. The SMILES string of the molecule is CC(C)(C)n1c(-c2cc(F)ccc2O)nc2ccccc21. The standard InChI is InChI=1S/C17H17FN2O/c1-17(2,3)20-14-7-5-4-6-13(14)19-16(20)12-10-11(18)8-9-15(12)21/h4-10,21H,1-3H3. The van der Waals surface area contributed by atoms with Crippen molar-refractivity contribution in [3.8, 4) is 17.1 Å². The molecule has 3 aromatic rings. The van der Waals surface area contributed by atoms with E-state index >= 15 is 0 Å². The van der Waals surface area contributed by atoms with Gasteiger partial charge in [-0.25, -0.2) is 9.37 Å². The van der Waals surface area contributed by atoms with Crippen LogP contribution in [0.25, 0.3) is 22.4 Å².